The quantitative estimate of drug-likeness (QED) is 0.499. The van der Waals surface area contributed by atoms with E-state index in [1.165, 1.54) is 0 Å². The van der Waals surface area contributed by atoms with E-state index in [0.717, 1.165) is 12.8 Å². The van der Waals surface area contributed by atoms with E-state index in [4.69, 9.17) is 4.74 Å². The lowest BCUT2D eigenvalue weighted by molar-refractivity contribution is -0.140. The minimum Gasteiger partial charge on any atom is -0.465 e. The van der Waals surface area contributed by atoms with Crippen molar-refractivity contribution in [3.05, 3.63) is 0 Å². The van der Waals surface area contributed by atoms with Crippen LogP contribution in [0, 0.1) is 0 Å². The molecule has 0 aromatic heterocycles. The lowest BCUT2D eigenvalue weighted by Gasteiger charge is -2.07. The summed E-state index contributed by atoms with van der Waals surface area (Å²) in [4.78, 5) is 11.0. The molecule has 0 spiro atoms. The molecule has 0 bridgehead atoms. The second-order valence-corrected chi connectivity index (χ2v) is 5.99. The molecule has 0 rings (SSSR count). The molecule has 14 heavy (non-hydrogen) atoms. The Morgan fingerprint density at radius 2 is 1.93 bits per heavy atom. The Kier molecular flexibility index (Phi) is 5.76. The van der Waals surface area contributed by atoms with Crippen LogP contribution >= 0.6 is 0 Å². The number of ether oxygens (including phenoxy) is 1. The summed E-state index contributed by atoms with van der Waals surface area (Å²) in [5, 5.41) is -0.527. The van der Waals surface area contributed by atoms with Crippen LogP contribution in [0.3, 0.4) is 0 Å². The number of rotatable bonds is 6. The molecule has 0 saturated carbocycles. The Balaban J connectivity index is 3.95. The molecule has 5 heteroatoms. The van der Waals surface area contributed by atoms with E-state index >= 15 is 0 Å². The summed E-state index contributed by atoms with van der Waals surface area (Å²) in [6.45, 7) is 5.38. The molecular weight excluding hydrogens is 204 g/mol. The van der Waals surface area contributed by atoms with Gasteiger partial charge in [-0.25, -0.2) is 8.42 Å². The van der Waals surface area contributed by atoms with Crippen molar-refractivity contribution in [2.75, 3.05) is 12.4 Å². The third-order valence-electron chi connectivity index (χ3n) is 1.80. The predicted octanol–water partition coefficient (Wildman–Crippen LogP) is 1.15. The number of carbonyl (C=O) groups excluding carboxylic acids is 1. The van der Waals surface area contributed by atoms with Gasteiger partial charge in [-0.2, -0.15) is 0 Å². The zero-order valence-corrected chi connectivity index (χ0v) is 9.76. The van der Waals surface area contributed by atoms with Crippen LogP contribution in [0.1, 0.15) is 33.6 Å². The van der Waals surface area contributed by atoms with Crippen LogP contribution in [-0.2, 0) is 19.4 Å². The van der Waals surface area contributed by atoms with Gasteiger partial charge in [0.2, 0.25) is 0 Å². The second kappa shape index (κ2) is 6.01. The van der Waals surface area contributed by atoms with Gasteiger partial charge >= 0.3 is 5.97 Å². The number of sulfone groups is 1. The standard InChI is InChI=1S/C9H18O4S/c1-4-5-6-13-9(10)7-14(11,12)8(2)3/h8H,4-7H2,1-3H3. The maximum atomic E-state index is 11.3. The molecule has 0 atom stereocenters. The first kappa shape index (κ1) is 13.4. The Labute approximate surface area is 85.6 Å². The average molecular weight is 222 g/mol. The third kappa shape index (κ3) is 5.21. The van der Waals surface area contributed by atoms with Gasteiger partial charge in [-0.3, -0.25) is 4.79 Å². The van der Waals surface area contributed by atoms with Crippen LogP contribution in [0.5, 0.6) is 0 Å². The van der Waals surface area contributed by atoms with Gasteiger partial charge in [-0.05, 0) is 20.3 Å². The Morgan fingerprint density at radius 3 is 2.36 bits per heavy atom. The highest BCUT2D eigenvalue weighted by molar-refractivity contribution is 7.92. The molecule has 0 aliphatic rings. The first-order valence-electron chi connectivity index (χ1n) is 4.77. The van der Waals surface area contributed by atoms with Gasteiger partial charge in [0.15, 0.2) is 9.84 Å². The van der Waals surface area contributed by atoms with Crippen LogP contribution in [0.25, 0.3) is 0 Å². The highest BCUT2D eigenvalue weighted by atomic mass is 32.2. The summed E-state index contributed by atoms with van der Waals surface area (Å²) in [5.41, 5.74) is 0. The minimum atomic E-state index is -3.31. The lowest BCUT2D eigenvalue weighted by Crippen LogP contribution is -2.25. The average Bonchev–Trinajstić information content (AvgIpc) is 2.03. The second-order valence-electron chi connectivity index (χ2n) is 3.43. The van der Waals surface area contributed by atoms with Crippen molar-refractivity contribution in [3.8, 4) is 0 Å². The van der Waals surface area contributed by atoms with E-state index < -0.39 is 26.8 Å². The summed E-state index contributed by atoms with van der Waals surface area (Å²) < 4.78 is 27.3. The Bertz CT molecular complexity index is 267. The van der Waals surface area contributed by atoms with Crippen LogP contribution in [-0.4, -0.2) is 32.0 Å². The molecule has 84 valence electrons. The fourth-order valence-corrected chi connectivity index (χ4v) is 1.45. The minimum absolute atomic E-state index is 0.308. The third-order valence-corrected chi connectivity index (χ3v) is 3.87. The van der Waals surface area contributed by atoms with Crippen molar-refractivity contribution in [1.82, 2.24) is 0 Å². The number of carbonyl (C=O) groups is 1. The number of esters is 1. The first-order valence-corrected chi connectivity index (χ1v) is 6.49. The predicted molar refractivity (Wildman–Crippen MR) is 54.8 cm³/mol. The van der Waals surface area contributed by atoms with Gasteiger partial charge in [-0.1, -0.05) is 13.3 Å². The Hall–Kier alpha value is -0.580. The topological polar surface area (TPSA) is 60.4 Å². The smallest absolute Gasteiger partial charge is 0.321 e. The monoisotopic (exact) mass is 222 g/mol. The molecule has 0 saturated heterocycles. The molecule has 0 N–H and O–H groups in total. The molecule has 0 amide bonds. The molecular formula is C9H18O4S. The maximum Gasteiger partial charge on any atom is 0.321 e. The highest BCUT2D eigenvalue weighted by Gasteiger charge is 2.21. The van der Waals surface area contributed by atoms with Gasteiger partial charge in [0.1, 0.15) is 5.75 Å². The molecule has 0 aromatic rings. The molecule has 0 heterocycles. The zero-order valence-electron chi connectivity index (χ0n) is 8.95. The SMILES string of the molecule is CCCCOC(=O)CS(=O)(=O)C(C)C. The van der Waals surface area contributed by atoms with Gasteiger partial charge in [0.05, 0.1) is 11.9 Å². The molecule has 0 fully saturated rings. The summed E-state index contributed by atoms with van der Waals surface area (Å²) in [6.07, 6.45) is 1.69. The van der Waals surface area contributed by atoms with E-state index in [1.807, 2.05) is 6.92 Å². The molecule has 0 unspecified atom stereocenters. The fraction of sp³-hybridized carbons (Fsp3) is 0.889. The summed E-state index contributed by atoms with van der Waals surface area (Å²) in [5.74, 6) is -1.15. The number of unbranched alkanes of at least 4 members (excludes halogenated alkanes) is 1. The largest absolute Gasteiger partial charge is 0.465 e. The molecule has 4 nitrogen and oxygen atoms in total. The van der Waals surface area contributed by atoms with Crippen molar-refractivity contribution in [1.29, 1.82) is 0 Å². The van der Waals surface area contributed by atoms with Gasteiger partial charge < -0.3 is 4.74 Å². The fourth-order valence-electron chi connectivity index (χ4n) is 0.703. The van der Waals surface area contributed by atoms with Crippen molar-refractivity contribution in [2.24, 2.45) is 0 Å². The van der Waals surface area contributed by atoms with Gasteiger partial charge in [-0.15, -0.1) is 0 Å². The Morgan fingerprint density at radius 1 is 1.36 bits per heavy atom. The van der Waals surface area contributed by atoms with Crippen molar-refractivity contribution in [2.45, 2.75) is 38.9 Å². The van der Waals surface area contributed by atoms with E-state index in [0.29, 0.717) is 6.61 Å². The summed E-state index contributed by atoms with van der Waals surface area (Å²) in [7, 11) is -3.31. The van der Waals surface area contributed by atoms with Crippen LogP contribution in [0.15, 0.2) is 0 Å². The van der Waals surface area contributed by atoms with Gasteiger partial charge in [0, 0.05) is 0 Å². The summed E-state index contributed by atoms with van der Waals surface area (Å²) in [6, 6.07) is 0. The summed E-state index contributed by atoms with van der Waals surface area (Å²) >= 11 is 0. The van der Waals surface area contributed by atoms with Crippen LogP contribution in [0.2, 0.25) is 0 Å². The zero-order chi connectivity index (χ0) is 11.2. The molecule has 0 aromatic carbocycles. The molecule has 0 aliphatic carbocycles. The van der Waals surface area contributed by atoms with E-state index in [1.54, 1.807) is 13.8 Å². The van der Waals surface area contributed by atoms with Crippen molar-refractivity contribution in [3.63, 3.8) is 0 Å². The maximum absolute atomic E-state index is 11.3. The molecule has 0 radical (unpaired) electrons. The van der Waals surface area contributed by atoms with Gasteiger partial charge in [0.25, 0.3) is 0 Å². The number of hydrogen-bond acceptors (Lipinski definition) is 4. The highest BCUT2D eigenvalue weighted by Crippen LogP contribution is 2.01. The normalized spacial score (nSPS) is 11.7. The van der Waals surface area contributed by atoms with Crippen LogP contribution in [0.4, 0.5) is 0 Å². The van der Waals surface area contributed by atoms with E-state index in [9.17, 15) is 13.2 Å². The van der Waals surface area contributed by atoms with Crippen molar-refractivity contribution < 1.29 is 17.9 Å². The van der Waals surface area contributed by atoms with Crippen LogP contribution < -0.4 is 0 Å². The first-order chi connectivity index (χ1) is 6.40. The van der Waals surface area contributed by atoms with E-state index in [2.05, 4.69) is 0 Å². The molecule has 0 aliphatic heterocycles. The van der Waals surface area contributed by atoms with Crippen molar-refractivity contribution >= 4 is 15.8 Å². The number of hydrogen-bond donors (Lipinski definition) is 0. The lowest BCUT2D eigenvalue weighted by atomic mass is 10.4. The van der Waals surface area contributed by atoms with E-state index in [-0.39, 0.29) is 0 Å².